The highest BCUT2D eigenvalue weighted by Gasteiger charge is 1.91. The lowest BCUT2D eigenvalue weighted by molar-refractivity contribution is 0.309. The van der Waals surface area contributed by atoms with Gasteiger partial charge in [-0.3, -0.25) is 0 Å². The van der Waals surface area contributed by atoms with Crippen molar-refractivity contribution in [2.24, 2.45) is 0 Å². The molecule has 0 aromatic heterocycles. The summed E-state index contributed by atoms with van der Waals surface area (Å²) in [5.74, 6) is 0.989. The van der Waals surface area contributed by atoms with Crippen LogP contribution >= 0.6 is 0 Å². The van der Waals surface area contributed by atoms with Crippen molar-refractivity contribution in [1.82, 2.24) is 0 Å². The second-order valence-electron chi connectivity index (χ2n) is 3.02. The fourth-order valence-electron chi connectivity index (χ4n) is 1.04. The van der Waals surface area contributed by atoms with E-state index in [0.29, 0.717) is 0 Å². The van der Waals surface area contributed by atoms with Crippen molar-refractivity contribution in [2.75, 3.05) is 6.61 Å². The van der Waals surface area contributed by atoms with Crippen LogP contribution in [0.1, 0.15) is 25.3 Å². The average Bonchev–Trinajstić information content (AvgIpc) is 2.05. The third-order valence-electron chi connectivity index (χ3n) is 1.76. The molecule has 0 heterocycles. The van der Waals surface area contributed by atoms with E-state index in [1.165, 1.54) is 12.0 Å². The van der Waals surface area contributed by atoms with Crippen LogP contribution in [0.15, 0.2) is 24.3 Å². The minimum absolute atomic E-state index is 0.833. The minimum atomic E-state index is 0.833. The van der Waals surface area contributed by atoms with Crippen LogP contribution in [0.5, 0.6) is 5.75 Å². The van der Waals surface area contributed by atoms with Gasteiger partial charge in [0.15, 0.2) is 0 Å². The molecule has 0 unspecified atom stereocenters. The van der Waals surface area contributed by atoms with Crippen LogP contribution in [0, 0.1) is 6.92 Å². The second kappa shape index (κ2) is 4.81. The van der Waals surface area contributed by atoms with Crippen LogP contribution in [0.2, 0.25) is 0 Å². The number of ether oxygens (including phenoxy) is 1. The molecule has 66 valence electrons. The number of benzene rings is 1. The molecule has 1 rings (SSSR count). The van der Waals surface area contributed by atoms with E-state index in [2.05, 4.69) is 26.0 Å². The van der Waals surface area contributed by atoms with Gasteiger partial charge in [0.25, 0.3) is 0 Å². The van der Waals surface area contributed by atoms with Gasteiger partial charge in [-0.05, 0) is 31.0 Å². The van der Waals surface area contributed by atoms with Crippen molar-refractivity contribution in [3.63, 3.8) is 0 Å². The predicted octanol–water partition coefficient (Wildman–Crippen LogP) is 3.17. The van der Waals surface area contributed by atoms with Gasteiger partial charge in [-0.15, -0.1) is 0 Å². The Kier molecular flexibility index (Phi) is 3.65. The van der Waals surface area contributed by atoms with E-state index in [1.54, 1.807) is 0 Å². The first kappa shape index (κ1) is 9.11. The van der Waals surface area contributed by atoms with Gasteiger partial charge in [-0.1, -0.05) is 25.5 Å². The van der Waals surface area contributed by atoms with Gasteiger partial charge in [0.05, 0.1) is 6.61 Å². The monoisotopic (exact) mass is 164 g/mol. The quantitative estimate of drug-likeness (QED) is 0.621. The van der Waals surface area contributed by atoms with Crippen LogP contribution < -0.4 is 4.74 Å². The van der Waals surface area contributed by atoms with E-state index < -0.39 is 0 Å². The summed E-state index contributed by atoms with van der Waals surface area (Å²) in [6.07, 6.45) is 2.32. The Morgan fingerprint density at radius 2 is 2.17 bits per heavy atom. The fourth-order valence-corrected chi connectivity index (χ4v) is 1.04. The Balaban J connectivity index is 2.41. The lowest BCUT2D eigenvalue weighted by Gasteiger charge is -2.04. The summed E-state index contributed by atoms with van der Waals surface area (Å²) in [7, 11) is 0. The summed E-state index contributed by atoms with van der Waals surface area (Å²) >= 11 is 0. The second-order valence-corrected chi connectivity index (χ2v) is 3.02. The normalized spacial score (nSPS) is 9.83. The minimum Gasteiger partial charge on any atom is -0.494 e. The Morgan fingerprint density at radius 3 is 2.83 bits per heavy atom. The van der Waals surface area contributed by atoms with Crippen LogP contribution in [0.4, 0.5) is 0 Å². The molecular weight excluding hydrogens is 148 g/mol. The van der Waals surface area contributed by atoms with Crippen LogP contribution in [-0.4, -0.2) is 6.61 Å². The van der Waals surface area contributed by atoms with Crippen molar-refractivity contribution in [3.05, 3.63) is 29.8 Å². The van der Waals surface area contributed by atoms with E-state index in [9.17, 15) is 0 Å². The van der Waals surface area contributed by atoms with Crippen molar-refractivity contribution in [2.45, 2.75) is 26.7 Å². The Labute approximate surface area is 74.4 Å². The van der Waals surface area contributed by atoms with E-state index >= 15 is 0 Å². The maximum atomic E-state index is 5.53. The molecule has 0 saturated carbocycles. The van der Waals surface area contributed by atoms with Gasteiger partial charge in [-0.25, -0.2) is 0 Å². The van der Waals surface area contributed by atoms with E-state index in [1.807, 2.05) is 12.1 Å². The van der Waals surface area contributed by atoms with Crippen molar-refractivity contribution in [3.8, 4) is 5.75 Å². The smallest absolute Gasteiger partial charge is 0.119 e. The van der Waals surface area contributed by atoms with Crippen LogP contribution in [0.3, 0.4) is 0 Å². The summed E-state index contributed by atoms with van der Waals surface area (Å²) in [5.41, 5.74) is 1.25. The zero-order valence-electron chi connectivity index (χ0n) is 7.84. The van der Waals surface area contributed by atoms with Crippen molar-refractivity contribution < 1.29 is 4.74 Å². The van der Waals surface area contributed by atoms with Gasteiger partial charge >= 0.3 is 0 Å². The summed E-state index contributed by atoms with van der Waals surface area (Å²) in [4.78, 5) is 0. The molecule has 1 nitrogen and oxygen atoms in total. The molecule has 0 atom stereocenters. The predicted molar refractivity (Wildman–Crippen MR) is 51.6 cm³/mol. The number of hydrogen-bond acceptors (Lipinski definition) is 1. The van der Waals surface area contributed by atoms with Crippen molar-refractivity contribution >= 4 is 0 Å². The van der Waals surface area contributed by atoms with Crippen molar-refractivity contribution in [1.29, 1.82) is 0 Å². The lowest BCUT2D eigenvalue weighted by Crippen LogP contribution is -1.96. The van der Waals surface area contributed by atoms with Gasteiger partial charge < -0.3 is 4.74 Å². The topological polar surface area (TPSA) is 9.23 Å². The van der Waals surface area contributed by atoms with Gasteiger partial charge in [0.2, 0.25) is 0 Å². The third-order valence-corrected chi connectivity index (χ3v) is 1.76. The third kappa shape index (κ3) is 2.95. The highest BCUT2D eigenvalue weighted by atomic mass is 16.5. The molecule has 12 heavy (non-hydrogen) atoms. The summed E-state index contributed by atoms with van der Waals surface area (Å²) < 4.78 is 5.53. The molecule has 1 aromatic rings. The first-order valence-electron chi connectivity index (χ1n) is 4.52. The van der Waals surface area contributed by atoms with E-state index in [4.69, 9.17) is 4.74 Å². The number of unbranched alkanes of at least 4 members (excludes halogenated alkanes) is 1. The molecule has 0 aliphatic rings. The highest BCUT2D eigenvalue weighted by molar-refractivity contribution is 5.27. The zero-order chi connectivity index (χ0) is 8.81. The SMILES string of the molecule is CCCCOc1cccc(C)c1. The van der Waals surface area contributed by atoms with E-state index in [0.717, 1.165) is 18.8 Å². The fraction of sp³-hybridized carbons (Fsp3) is 0.455. The molecular formula is C11H16O. The molecule has 1 heteroatoms. The number of rotatable bonds is 4. The summed E-state index contributed by atoms with van der Waals surface area (Å²) in [6, 6.07) is 8.17. The zero-order valence-corrected chi connectivity index (χ0v) is 7.84. The highest BCUT2D eigenvalue weighted by Crippen LogP contribution is 2.12. The molecule has 0 N–H and O–H groups in total. The van der Waals surface area contributed by atoms with E-state index in [-0.39, 0.29) is 0 Å². The molecule has 0 aliphatic carbocycles. The van der Waals surface area contributed by atoms with Crippen LogP contribution in [-0.2, 0) is 0 Å². The molecule has 0 amide bonds. The molecule has 0 fully saturated rings. The Morgan fingerprint density at radius 1 is 1.33 bits per heavy atom. The molecule has 0 spiro atoms. The number of aryl methyl sites for hydroxylation is 1. The summed E-state index contributed by atoms with van der Waals surface area (Å²) in [5, 5.41) is 0. The summed E-state index contributed by atoms with van der Waals surface area (Å²) in [6.45, 7) is 5.08. The molecule has 1 aromatic carbocycles. The number of hydrogen-bond donors (Lipinski definition) is 0. The van der Waals surface area contributed by atoms with Gasteiger partial charge in [0.1, 0.15) is 5.75 Å². The maximum absolute atomic E-state index is 5.53. The molecule has 0 bridgehead atoms. The molecule has 0 saturated heterocycles. The Bertz CT molecular complexity index is 230. The lowest BCUT2D eigenvalue weighted by atomic mass is 10.2. The largest absolute Gasteiger partial charge is 0.494 e. The first-order chi connectivity index (χ1) is 5.83. The average molecular weight is 164 g/mol. The Hall–Kier alpha value is -0.980. The van der Waals surface area contributed by atoms with Crippen LogP contribution in [0.25, 0.3) is 0 Å². The molecule has 0 aliphatic heterocycles. The first-order valence-corrected chi connectivity index (χ1v) is 4.52. The molecule has 0 radical (unpaired) electrons. The van der Waals surface area contributed by atoms with Gasteiger partial charge in [0, 0.05) is 0 Å². The standard InChI is InChI=1S/C11H16O/c1-3-4-8-12-11-7-5-6-10(2)9-11/h5-7,9H,3-4,8H2,1-2H3. The maximum Gasteiger partial charge on any atom is 0.119 e. The van der Waals surface area contributed by atoms with Gasteiger partial charge in [-0.2, -0.15) is 0 Å².